The van der Waals surface area contributed by atoms with Gasteiger partial charge in [-0.3, -0.25) is 34.2 Å². The van der Waals surface area contributed by atoms with Crippen molar-refractivity contribution in [2.45, 2.75) is 103 Å². The first-order valence-corrected chi connectivity index (χ1v) is 13.4. The number of carbonyl (C=O) groups is 5. The summed E-state index contributed by atoms with van der Waals surface area (Å²) in [6.07, 6.45) is 9.09. The maximum absolute atomic E-state index is 13.1. The highest BCUT2D eigenvalue weighted by Crippen LogP contribution is 2.32. The second-order valence-corrected chi connectivity index (χ2v) is 10.8. The Labute approximate surface area is 218 Å². The molecule has 1 unspecified atom stereocenters. The molecule has 9 nitrogen and oxygen atoms in total. The van der Waals surface area contributed by atoms with Crippen LogP contribution in [0.4, 0.5) is 5.69 Å². The van der Waals surface area contributed by atoms with Gasteiger partial charge in [0.15, 0.2) is 0 Å². The number of piperidine rings is 1. The fourth-order valence-electron chi connectivity index (χ4n) is 4.73. The fourth-order valence-corrected chi connectivity index (χ4v) is 4.73. The number of rotatable bonds is 13. The Kier molecular flexibility index (Phi) is 9.83. The Bertz CT molecular complexity index is 1030. The van der Waals surface area contributed by atoms with Gasteiger partial charge in [-0.25, -0.2) is 0 Å². The molecule has 1 fully saturated rings. The highest BCUT2D eigenvalue weighted by atomic mass is 16.6. The van der Waals surface area contributed by atoms with E-state index >= 15 is 0 Å². The average molecular weight is 514 g/mol. The third-order valence-corrected chi connectivity index (χ3v) is 6.51. The maximum atomic E-state index is 13.1. The van der Waals surface area contributed by atoms with Crippen LogP contribution in [0.3, 0.4) is 0 Å². The SMILES string of the molecule is CC(C)(C)OC(=O)CCCCCCCCCCNc1cccc2c1C(=O)N(C1CCC(=O)NC1=O)C2=O. The number of hydrogen-bond acceptors (Lipinski definition) is 7. The molecule has 2 aliphatic rings. The molecule has 0 aliphatic carbocycles. The van der Waals surface area contributed by atoms with Gasteiger partial charge in [-0.05, 0) is 52.2 Å². The normalized spacial score (nSPS) is 17.6. The van der Waals surface area contributed by atoms with Crippen molar-refractivity contribution >= 4 is 35.3 Å². The Morgan fingerprint density at radius 2 is 1.62 bits per heavy atom. The summed E-state index contributed by atoms with van der Waals surface area (Å²) in [6.45, 7) is 6.31. The predicted octanol–water partition coefficient (Wildman–Crippen LogP) is 4.35. The second-order valence-electron chi connectivity index (χ2n) is 10.8. The van der Waals surface area contributed by atoms with Gasteiger partial charge in [0, 0.05) is 25.1 Å². The van der Waals surface area contributed by atoms with E-state index in [9.17, 15) is 24.0 Å². The van der Waals surface area contributed by atoms with Crippen LogP contribution in [-0.4, -0.2) is 52.7 Å². The highest BCUT2D eigenvalue weighted by molar-refractivity contribution is 6.25. The van der Waals surface area contributed by atoms with E-state index in [0.29, 0.717) is 24.2 Å². The first kappa shape index (κ1) is 28.3. The number of hydrogen-bond donors (Lipinski definition) is 2. The standard InChI is InChI=1S/C28H39N3O6/c1-28(2,3)37-23(33)15-10-8-6-4-5-7-9-11-18-29-20-14-12-13-19-24(20)27(36)31(26(19)35)21-16-17-22(32)30-25(21)34/h12-14,21,29H,4-11,15-18H2,1-3H3,(H,30,32,34). The zero-order chi connectivity index (χ0) is 27.0. The lowest BCUT2D eigenvalue weighted by atomic mass is 10.0. The smallest absolute Gasteiger partial charge is 0.306 e. The van der Waals surface area contributed by atoms with Crippen molar-refractivity contribution in [3.8, 4) is 0 Å². The van der Waals surface area contributed by atoms with Crippen LogP contribution in [0.15, 0.2) is 18.2 Å². The van der Waals surface area contributed by atoms with E-state index in [4.69, 9.17) is 4.74 Å². The van der Waals surface area contributed by atoms with E-state index in [1.807, 2.05) is 20.8 Å². The van der Waals surface area contributed by atoms with Gasteiger partial charge in [-0.1, -0.05) is 44.6 Å². The minimum absolute atomic E-state index is 0.0982. The van der Waals surface area contributed by atoms with E-state index in [2.05, 4.69) is 10.6 Å². The van der Waals surface area contributed by atoms with E-state index in [1.165, 1.54) is 0 Å². The van der Waals surface area contributed by atoms with E-state index < -0.39 is 35.3 Å². The molecule has 0 spiro atoms. The molecule has 9 heteroatoms. The number of esters is 1. The molecule has 3 rings (SSSR count). The third kappa shape index (κ3) is 7.87. The third-order valence-electron chi connectivity index (χ3n) is 6.51. The summed E-state index contributed by atoms with van der Waals surface area (Å²) in [6, 6.07) is 4.13. The Morgan fingerprint density at radius 3 is 2.27 bits per heavy atom. The predicted molar refractivity (Wildman–Crippen MR) is 139 cm³/mol. The summed E-state index contributed by atoms with van der Waals surface area (Å²) >= 11 is 0. The molecule has 0 radical (unpaired) electrons. The Balaban J connectivity index is 1.34. The molecule has 0 bridgehead atoms. The first-order valence-electron chi connectivity index (χ1n) is 13.4. The fraction of sp³-hybridized carbons (Fsp3) is 0.607. The van der Waals surface area contributed by atoms with Crippen molar-refractivity contribution in [2.24, 2.45) is 0 Å². The van der Waals surface area contributed by atoms with Gasteiger partial charge >= 0.3 is 5.97 Å². The minimum Gasteiger partial charge on any atom is -0.460 e. The quantitative estimate of drug-likeness (QED) is 0.228. The lowest BCUT2D eigenvalue weighted by Gasteiger charge is -2.27. The molecule has 2 heterocycles. The second kappa shape index (κ2) is 12.8. The summed E-state index contributed by atoms with van der Waals surface area (Å²) in [7, 11) is 0. The molecule has 0 saturated carbocycles. The molecule has 1 atom stereocenters. The summed E-state index contributed by atoms with van der Waals surface area (Å²) in [4.78, 5) is 62.4. The maximum Gasteiger partial charge on any atom is 0.306 e. The average Bonchev–Trinajstić information content (AvgIpc) is 3.07. The molecule has 0 aromatic heterocycles. The largest absolute Gasteiger partial charge is 0.460 e. The van der Waals surface area contributed by atoms with E-state index in [1.54, 1.807) is 18.2 Å². The van der Waals surface area contributed by atoms with Gasteiger partial charge in [-0.15, -0.1) is 0 Å². The summed E-state index contributed by atoms with van der Waals surface area (Å²) in [5, 5.41) is 5.50. The Hall–Kier alpha value is -3.23. The molecule has 37 heavy (non-hydrogen) atoms. The summed E-state index contributed by atoms with van der Waals surface area (Å²) < 4.78 is 5.32. The highest BCUT2D eigenvalue weighted by Gasteiger charge is 2.45. The van der Waals surface area contributed by atoms with Crippen LogP contribution in [0.1, 0.15) is 112 Å². The molecule has 202 valence electrons. The van der Waals surface area contributed by atoms with Crippen molar-refractivity contribution in [2.75, 3.05) is 11.9 Å². The number of nitrogens with zero attached hydrogens (tertiary/aromatic N) is 1. The first-order chi connectivity index (χ1) is 17.6. The number of carbonyl (C=O) groups excluding carboxylic acids is 5. The molecule has 1 saturated heterocycles. The van der Waals surface area contributed by atoms with Gasteiger partial charge in [-0.2, -0.15) is 0 Å². The monoisotopic (exact) mass is 513 g/mol. The summed E-state index contributed by atoms with van der Waals surface area (Å²) in [5.41, 5.74) is 0.751. The van der Waals surface area contributed by atoms with Crippen molar-refractivity contribution in [3.63, 3.8) is 0 Å². The van der Waals surface area contributed by atoms with E-state index in [-0.39, 0.29) is 24.4 Å². The number of unbranched alkanes of at least 4 members (excludes halogenated alkanes) is 7. The van der Waals surface area contributed by atoms with Crippen LogP contribution in [-0.2, 0) is 19.1 Å². The van der Waals surface area contributed by atoms with Crippen LogP contribution in [0, 0.1) is 0 Å². The minimum atomic E-state index is -0.963. The number of nitrogens with one attached hydrogen (secondary N) is 2. The van der Waals surface area contributed by atoms with Crippen LogP contribution < -0.4 is 10.6 Å². The topological polar surface area (TPSA) is 122 Å². The molecule has 2 N–H and O–H groups in total. The molecular weight excluding hydrogens is 474 g/mol. The van der Waals surface area contributed by atoms with Crippen LogP contribution in [0.5, 0.6) is 0 Å². The van der Waals surface area contributed by atoms with Crippen molar-refractivity contribution in [3.05, 3.63) is 29.3 Å². The number of ether oxygens (including phenoxy) is 1. The van der Waals surface area contributed by atoms with Crippen LogP contribution in [0.2, 0.25) is 0 Å². The molecule has 2 aliphatic heterocycles. The van der Waals surface area contributed by atoms with Crippen molar-refractivity contribution < 1.29 is 28.7 Å². The number of imide groups is 2. The number of fused-ring (bicyclic) bond motifs is 1. The molecule has 1 aromatic rings. The van der Waals surface area contributed by atoms with Crippen molar-refractivity contribution in [1.82, 2.24) is 10.2 Å². The Morgan fingerprint density at radius 1 is 0.973 bits per heavy atom. The zero-order valence-corrected chi connectivity index (χ0v) is 22.2. The lowest BCUT2D eigenvalue weighted by molar-refractivity contribution is -0.155. The van der Waals surface area contributed by atoms with Gasteiger partial charge in [0.2, 0.25) is 11.8 Å². The van der Waals surface area contributed by atoms with Crippen LogP contribution >= 0.6 is 0 Å². The van der Waals surface area contributed by atoms with Gasteiger partial charge in [0.05, 0.1) is 11.1 Å². The van der Waals surface area contributed by atoms with E-state index in [0.717, 1.165) is 56.3 Å². The van der Waals surface area contributed by atoms with Crippen LogP contribution in [0.25, 0.3) is 0 Å². The zero-order valence-electron chi connectivity index (χ0n) is 22.2. The molecule has 1 aromatic carbocycles. The van der Waals surface area contributed by atoms with Gasteiger partial charge < -0.3 is 10.1 Å². The molecule has 4 amide bonds. The number of benzene rings is 1. The van der Waals surface area contributed by atoms with Crippen molar-refractivity contribution in [1.29, 1.82) is 0 Å². The van der Waals surface area contributed by atoms with Gasteiger partial charge in [0.1, 0.15) is 11.6 Å². The molecular formula is C28H39N3O6. The number of amides is 4. The summed E-state index contributed by atoms with van der Waals surface area (Å²) in [5.74, 6) is -2.12. The number of anilines is 1. The van der Waals surface area contributed by atoms with Gasteiger partial charge in [0.25, 0.3) is 11.8 Å². The lowest BCUT2D eigenvalue weighted by Crippen LogP contribution is -2.54.